The predicted molar refractivity (Wildman–Crippen MR) is 66.1 cm³/mol. The van der Waals surface area contributed by atoms with Gasteiger partial charge in [-0.05, 0) is 38.2 Å². The quantitative estimate of drug-likeness (QED) is 0.646. The summed E-state index contributed by atoms with van der Waals surface area (Å²) in [4.78, 5) is 14.7. The van der Waals surface area contributed by atoms with Crippen LogP contribution in [0.3, 0.4) is 0 Å². The summed E-state index contributed by atoms with van der Waals surface area (Å²) < 4.78 is 0. The van der Waals surface area contributed by atoms with Crippen molar-refractivity contribution in [2.24, 2.45) is 5.92 Å². The van der Waals surface area contributed by atoms with Crippen molar-refractivity contribution in [2.75, 3.05) is 5.32 Å². The minimum Gasteiger partial charge on any atom is -0.362 e. The minimum absolute atomic E-state index is 0.0650. The van der Waals surface area contributed by atoms with E-state index in [-0.39, 0.29) is 10.6 Å². The van der Waals surface area contributed by atoms with E-state index in [1.165, 1.54) is 12.5 Å². The van der Waals surface area contributed by atoms with Gasteiger partial charge in [-0.1, -0.05) is 6.92 Å². The minimum atomic E-state index is -0.382. The van der Waals surface area contributed by atoms with Crippen LogP contribution < -0.4 is 5.32 Å². The van der Waals surface area contributed by atoms with Crippen LogP contribution in [0, 0.1) is 23.0 Å². The number of nitrogens with one attached hydrogen (secondary N) is 1. The SMILES string of the molecule is Cc1ccc([N+](=O)[O-])c(NC2CCC(C)C2)n1. The number of hydrogen-bond donors (Lipinski definition) is 1. The molecule has 5 heteroatoms. The summed E-state index contributed by atoms with van der Waals surface area (Å²) in [6.45, 7) is 4.05. The van der Waals surface area contributed by atoms with E-state index in [0.717, 1.165) is 18.5 Å². The normalized spacial score (nSPS) is 23.6. The highest BCUT2D eigenvalue weighted by Gasteiger charge is 2.24. The molecule has 0 bridgehead atoms. The van der Waals surface area contributed by atoms with Crippen LogP contribution in [0.5, 0.6) is 0 Å². The van der Waals surface area contributed by atoms with Gasteiger partial charge in [0.05, 0.1) is 4.92 Å². The summed E-state index contributed by atoms with van der Waals surface area (Å²) in [5.41, 5.74) is 0.860. The average molecular weight is 235 g/mol. The molecule has 1 aliphatic rings. The fraction of sp³-hybridized carbons (Fsp3) is 0.583. The van der Waals surface area contributed by atoms with Gasteiger partial charge in [0, 0.05) is 17.8 Å². The molecule has 1 N–H and O–H groups in total. The van der Waals surface area contributed by atoms with Gasteiger partial charge >= 0.3 is 5.69 Å². The lowest BCUT2D eigenvalue weighted by Crippen LogP contribution is -2.17. The Morgan fingerprint density at radius 2 is 2.24 bits per heavy atom. The lowest BCUT2D eigenvalue weighted by Gasteiger charge is -2.13. The van der Waals surface area contributed by atoms with Crippen LogP contribution in [-0.4, -0.2) is 15.9 Å². The van der Waals surface area contributed by atoms with Crippen LogP contribution in [0.2, 0.25) is 0 Å². The molecule has 0 aliphatic heterocycles. The molecule has 5 nitrogen and oxygen atoms in total. The Morgan fingerprint density at radius 1 is 1.47 bits per heavy atom. The molecule has 1 aromatic heterocycles. The number of hydrogen-bond acceptors (Lipinski definition) is 4. The summed E-state index contributed by atoms with van der Waals surface area (Å²) in [6.07, 6.45) is 3.30. The van der Waals surface area contributed by atoms with Crippen molar-refractivity contribution in [3.63, 3.8) is 0 Å². The average Bonchev–Trinajstić information content (AvgIpc) is 2.63. The Bertz CT molecular complexity index is 434. The highest BCUT2D eigenvalue weighted by Crippen LogP contribution is 2.30. The van der Waals surface area contributed by atoms with E-state index in [9.17, 15) is 10.1 Å². The second-order valence-electron chi connectivity index (χ2n) is 4.84. The summed E-state index contributed by atoms with van der Waals surface area (Å²) in [5.74, 6) is 1.10. The molecule has 1 aromatic rings. The number of anilines is 1. The van der Waals surface area contributed by atoms with Crippen molar-refractivity contribution < 1.29 is 4.92 Å². The Hall–Kier alpha value is -1.65. The third kappa shape index (κ3) is 2.72. The van der Waals surface area contributed by atoms with E-state index in [2.05, 4.69) is 17.2 Å². The molecule has 0 amide bonds. The fourth-order valence-electron chi connectivity index (χ4n) is 2.33. The zero-order valence-corrected chi connectivity index (χ0v) is 10.1. The molecule has 1 fully saturated rings. The van der Waals surface area contributed by atoms with Gasteiger partial charge in [-0.25, -0.2) is 4.98 Å². The van der Waals surface area contributed by atoms with Gasteiger partial charge in [0.2, 0.25) is 5.82 Å². The molecule has 1 heterocycles. The van der Waals surface area contributed by atoms with Crippen molar-refractivity contribution in [1.29, 1.82) is 0 Å². The maximum absolute atomic E-state index is 10.9. The lowest BCUT2D eigenvalue weighted by molar-refractivity contribution is -0.384. The maximum atomic E-state index is 10.9. The van der Waals surface area contributed by atoms with Gasteiger partial charge in [0.1, 0.15) is 0 Å². The number of nitro groups is 1. The van der Waals surface area contributed by atoms with Crippen molar-refractivity contribution in [3.8, 4) is 0 Å². The summed E-state index contributed by atoms with van der Waals surface area (Å²) in [6, 6.07) is 3.50. The van der Waals surface area contributed by atoms with Crippen molar-refractivity contribution >= 4 is 11.5 Å². The molecular weight excluding hydrogens is 218 g/mol. The topological polar surface area (TPSA) is 68.1 Å². The van der Waals surface area contributed by atoms with Gasteiger partial charge in [-0.2, -0.15) is 0 Å². The molecule has 0 saturated heterocycles. The van der Waals surface area contributed by atoms with Crippen LogP contribution in [0.15, 0.2) is 12.1 Å². The first-order chi connectivity index (χ1) is 8.06. The summed E-state index contributed by atoms with van der Waals surface area (Å²) in [7, 11) is 0. The van der Waals surface area contributed by atoms with E-state index in [1.807, 2.05) is 6.92 Å². The third-order valence-electron chi connectivity index (χ3n) is 3.25. The van der Waals surface area contributed by atoms with E-state index >= 15 is 0 Å². The van der Waals surface area contributed by atoms with Crippen LogP contribution in [-0.2, 0) is 0 Å². The van der Waals surface area contributed by atoms with Gasteiger partial charge in [-0.15, -0.1) is 0 Å². The Labute approximate surface area is 100 Å². The van der Waals surface area contributed by atoms with E-state index in [4.69, 9.17) is 0 Å². The van der Waals surface area contributed by atoms with Crippen LogP contribution in [0.1, 0.15) is 31.9 Å². The standard InChI is InChI=1S/C12H17N3O2/c1-8-3-5-10(7-8)14-12-11(15(16)17)6-4-9(2)13-12/h4,6,8,10H,3,5,7H2,1-2H3,(H,13,14). The number of nitrogens with zero attached hydrogens (tertiary/aromatic N) is 2. The largest absolute Gasteiger partial charge is 0.362 e. The summed E-state index contributed by atoms with van der Waals surface area (Å²) in [5, 5.41) is 14.1. The first-order valence-electron chi connectivity index (χ1n) is 5.95. The van der Waals surface area contributed by atoms with Crippen LogP contribution >= 0.6 is 0 Å². The molecule has 0 aromatic carbocycles. The smallest absolute Gasteiger partial charge is 0.311 e. The Kier molecular flexibility index (Phi) is 3.26. The first kappa shape index (κ1) is 11.8. The molecule has 17 heavy (non-hydrogen) atoms. The van der Waals surface area contributed by atoms with Gasteiger partial charge in [0.15, 0.2) is 0 Å². The maximum Gasteiger partial charge on any atom is 0.311 e. The van der Waals surface area contributed by atoms with E-state index in [0.29, 0.717) is 17.8 Å². The molecule has 0 spiro atoms. The highest BCUT2D eigenvalue weighted by molar-refractivity contribution is 5.56. The number of aromatic nitrogens is 1. The Morgan fingerprint density at radius 3 is 2.82 bits per heavy atom. The predicted octanol–water partition coefficient (Wildman–Crippen LogP) is 2.90. The monoisotopic (exact) mass is 235 g/mol. The lowest BCUT2D eigenvalue weighted by atomic mass is 10.1. The van der Waals surface area contributed by atoms with Crippen LogP contribution in [0.4, 0.5) is 11.5 Å². The zero-order chi connectivity index (χ0) is 12.4. The molecule has 1 saturated carbocycles. The van der Waals surface area contributed by atoms with E-state index in [1.54, 1.807) is 6.07 Å². The second-order valence-corrected chi connectivity index (χ2v) is 4.84. The molecule has 2 unspecified atom stereocenters. The van der Waals surface area contributed by atoms with Gasteiger partial charge in [-0.3, -0.25) is 10.1 Å². The van der Waals surface area contributed by atoms with Crippen molar-refractivity contribution in [2.45, 2.75) is 39.2 Å². The highest BCUT2D eigenvalue weighted by atomic mass is 16.6. The number of pyridine rings is 1. The molecule has 1 aliphatic carbocycles. The number of aryl methyl sites for hydroxylation is 1. The Balaban J connectivity index is 2.19. The molecule has 2 rings (SSSR count). The molecular formula is C12H17N3O2. The molecule has 2 atom stereocenters. The third-order valence-corrected chi connectivity index (χ3v) is 3.25. The summed E-state index contributed by atoms with van der Waals surface area (Å²) >= 11 is 0. The number of rotatable bonds is 3. The van der Waals surface area contributed by atoms with Crippen molar-refractivity contribution in [3.05, 3.63) is 27.9 Å². The van der Waals surface area contributed by atoms with Gasteiger partial charge < -0.3 is 5.32 Å². The van der Waals surface area contributed by atoms with Gasteiger partial charge in [0.25, 0.3) is 0 Å². The molecule has 0 radical (unpaired) electrons. The first-order valence-corrected chi connectivity index (χ1v) is 5.95. The zero-order valence-electron chi connectivity index (χ0n) is 10.1. The van der Waals surface area contributed by atoms with E-state index < -0.39 is 0 Å². The fourth-order valence-corrected chi connectivity index (χ4v) is 2.33. The molecule has 92 valence electrons. The van der Waals surface area contributed by atoms with Crippen LogP contribution in [0.25, 0.3) is 0 Å². The van der Waals surface area contributed by atoms with Crippen molar-refractivity contribution in [1.82, 2.24) is 4.98 Å². The second kappa shape index (κ2) is 4.69.